The minimum absolute atomic E-state index is 0.219. The van der Waals surface area contributed by atoms with Crippen molar-refractivity contribution in [1.82, 2.24) is 24.9 Å². The van der Waals surface area contributed by atoms with Gasteiger partial charge in [-0.3, -0.25) is 9.20 Å². The third-order valence-electron chi connectivity index (χ3n) is 4.35. The molecule has 0 aliphatic carbocycles. The van der Waals surface area contributed by atoms with E-state index in [1.54, 1.807) is 5.38 Å². The van der Waals surface area contributed by atoms with Gasteiger partial charge in [0.1, 0.15) is 10.7 Å². The number of pyridine rings is 1. The molecule has 27 heavy (non-hydrogen) atoms. The van der Waals surface area contributed by atoms with E-state index >= 15 is 0 Å². The highest BCUT2D eigenvalue weighted by Gasteiger charge is 2.13. The Balaban J connectivity index is 1.45. The maximum atomic E-state index is 12.4. The molecule has 136 valence electrons. The summed E-state index contributed by atoms with van der Waals surface area (Å²) in [4.78, 5) is 16.9. The number of thiazole rings is 1. The standard InChI is InChI=1S/C20H19N5OS/c1-13(2)14-6-8-15(9-7-14)20-22-16(12-27-20)19(26)21-11-18-24-23-17-5-3-4-10-25(17)18/h3-10,12-13H,11H2,1-2H3,(H,21,26). The summed E-state index contributed by atoms with van der Waals surface area (Å²) in [5.74, 6) is 0.951. The lowest BCUT2D eigenvalue weighted by molar-refractivity contribution is 0.0945. The molecule has 0 fully saturated rings. The van der Waals surface area contributed by atoms with Crippen molar-refractivity contribution < 1.29 is 4.79 Å². The molecular formula is C20H19N5OS. The fraction of sp³-hybridized carbons (Fsp3) is 0.200. The molecule has 7 heteroatoms. The van der Waals surface area contributed by atoms with E-state index < -0.39 is 0 Å². The fourth-order valence-electron chi connectivity index (χ4n) is 2.78. The van der Waals surface area contributed by atoms with E-state index in [1.807, 2.05) is 28.8 Å². The van der Waals surface area contributed by atoms with E-state index in [4.69, 9.17) is 0 Å². The van der Waals surface area contributed by atoms with Gasteiger partial charge in [0.2, 0.25) is 0 Å². The van der Waals surface area contributed by atoms with E-state index in [0.717, 1.165) is 16.2 Å². The van der Waals surface area contributed by atoms with Gasteiger partial charge in [0.05, 0.1) is 6.54 Å². The van der Waals surface area contributed by atoms with Crippen LogP contribution in [0.1, 0.15) is 41.6 Å². The maximum absolute atomic E-state index is 12.4. The summed E-state index contributed by atoms with van der Waals surface area (Å²) < 4.78 is 1.85. The molecular weight excluding hydrogens is 358 g/mol. The number of benzene rings is 1. The van der Waals surface area contributed by atoms with Gasteiger partial charge in [-0.05, 0) is 23.6 Å². The Hall–Kier alpha value is -3.06. The Labute approximate surface area is 160 Å². The summed E-state index contributed by atoms with van der Waals surface area (Å²) in [6, 6.07) is 14.0. The van der Waals surface area contributed by atoms with Gasteiger partial charge in [-0.15, -0.1) is 21.5 Å². The number of rotatable bonds is 5. The molecule has 1 aromatic carbocycles. The minimum atomic E-state index is -0.219. The first-order valence-electron chi connectivity index (χ1n) is 8.74. The molecule has 4 rings (SSSR count). The maximum Gasteiger partial charge on any atom is 0.271 e. The summed E-state index contributed by atoms with van der Waals surface area (Å²) >= 11 is 1.47. The van der Waals surface area contributed by atoms with Gasteiger partial charge in [-0.25, -0.2) is 4.98 Å². The Kier molecular flexibility index (Phi) is 4.68. The zero-order valence-corrected chi connectivity index (χ0v) is 15.9. The van der Waals surface area contributed by atoms with E-state index in [9.17, 15) is 4.79 Å². The molecule has 0 spiro atoms. The van der Waals surface area contributed by atoms with Gasteiger partial charge in [0.25, 0.3) is 5.91 Å². The second kappa shape index (κ2) is 7.28. The van der Waals surface area contributed by atoms with Gasteiger partial charge in [-0.1, -0.05) is 44.2 Å². The summed E-state index contributed by atoms with van der Waals surface area (Å²) in [7, 11) is 0. The summed E-state index contributed by atoms with van der Waals surface area (Å²) in [5, 5.41) is 13.7. The number of aromatic nitrogens is 4. The molecule has 0 saturated carbocycles. The number of carbonyl (C=O) groups excluding carboxylic acids is 1. The molecule has 6 nitrogen and oxygen atoms in total. The number of hydrogen-bond acceptors (Lipinski definition) is 5. The van der Waals surface area contributed by atoms with Crippen molar-refractivity contribution in [3.63, 3.8) is 0 Å². The molecule has 0 saturated heterocycles. The van der Waals surface area contributed by atoms with Crippen LogP contribution in [0.5, 0.6) is 0 Å². The van der Waals surface area contributed by atoms with Crippen LogP contribution in [0.25, 0.3) is 16.2 Å². The van der Waals surface area contributed by atoms with Crippen molar-refractivity contribution >= 4 is 22.9 Å². The first kappa shape index (κ1) is 17.4. The van der Waals surface area contributed by atoms with Gasteiger partial charge in [-0.2, -0.15) is 0 Å². The number of nitrogens with zero attached hydrogens (tertiary/aromatic N) is 4. The molecule has 0 aliphatic rings. The van der Waals surface area contributed by atoms with Crippen LogP contribution in [0.3, 0.4) is 0 Å². The van der Waals surface area contributed by atoms with Crippen LogP contribution in [0.4, 0.5) is 0 Å². The van der Waals surface area contributed by atoms with Crippen LogP contribution >= 0.6 is 11.3 Å². The normalized spacial score (nSPS) is 11.2. The molecule has 0 radical (unpaired) electrons. The third kappa shape index (κ3) is 3.59. The quantitative estimate of drug-likeness (QED) is 0.572. The zero-order chi connectivity index (χ0) is 18.8. The van der Waals surface area contributed by atoms with E-state index in [0.29, 0.717) is 24.0 Å². The number of fused-ring (bicyclic) bond motifs is 1. The van der Waals surface area contributed by atoms with Gasteiger partial charge in [0, 0.05) is 17.1 Å². The molecule has 1 N–H and O–H groups in total. The Morgan fingerprint density at radius 3 is 2.74 bits per heavy atom. The molecule has 1 amide bonds. The van der Waals surface area contributed by atoms with Crippen molar-refractivity contribution in [3.05, 3.63) is 71.1 Å². The second-order valence-corrected chi connectivity index (χ2v) is 7.40. The highest BCUT2D eigenvalue weighted by molar-refractivity contribution is 7.13. The molecule has 3 aromatic heterocycles. The Bertz CT molecular complexity index is 1080. The third-order valence-corrected chi connectivity index (χ3v) is 5.24. The van der Waals surface area contributed by atoms with Crippen LogP contribution in [-0.2, 0) is 6.54 Å². The number of amides is 1. The van der Waals surface area contributed by atoms with Gasteiger partial charge < -0.3 is 5.32 Å². The summed E-state index contributed by atoms with van der Waals surface area (Å²) in [6.45, 7) is 4.62. The highest BCUT2D eigenvalue weighted by atomic mass is 32.1. The first-order chi connectivity index (χ1) is 13.1. The first-order valence-corrected chi connectivity index (χ1v) is 9.62. The van der Waals surface area contributed by atoms with Crippen LogP contribution in [0, 0.1) is 0 Å². The van der Waals surface area contributed by atoms with Crippen LogP contribution < -0.4 is 5.32 Å². The minimum Gasteiger partial charge on any atom is -0.343 e. The van der Waals surface area contributed by atoms with Gasteiger partial charge >= 0.3 is 0 Å². The van der Waals surface area contributed by atoms with Crippen molar-refractivity contribution in [2.24, 2.45) is 0 Å². The van der Waals surface area contributed by atoms with Crippen LogP contribution in [0.15, 0.2) is 54.0 Å². The van der Waals surface area contributed by atoms with E-state index in [-0.39, 0.29) is 5.91 Å². The largest absolute Gasteiger partial charge is 0.343 e. The van der Waals surface area contributed by atoms with Crippen molar-refractivity contribution in [3.8, 4) is 10.6 Å². The molecule has 0 unspecified atom stereocenters. The summed E-state index contributed by atoms with van der Waals surface area (Å²) in [6.07, 6.45) is 1.87. The summed E-state index contributed by atoms with van der Waals surface area (Å²) in [5.41, 5.74) is 3.47. The monoisotopic (exact) mass is 377 g/mol. The molecule has 0 aliphatic heterocycles. The molecule has 3 heterocycles. The van der Waals surface area contributed by atoms with E-state index in [2.05, 4.69) is 58.6 Å². The molecule has 4 aromatic rings. The van der Waals surface area contributed by atoms with Gasteiger partial charge in [0.15, 0.2) is 11.5 Å². The predicted molar refractivity (Wildman–Crippen MR) is 106 cm³/mol. The number of carbonyl (C=O) groups is 1. The lowest BCUT2D eigenvalue weighted by atomic mass is 10.0. The van der Waals surface area contributed by atoms with Crippen LogP contribution in [0.2, 0.25) is 0 Å². The van der Waals surface area contributed by atoms with E-state index in [1.165, 1.54) is 16.9 Å². The number of nitrogens with one attached hydrogen (secondary N) is 1. The lowest BCUT2D eigenvalue weighted by Gasteiger charge is -2.05. The topological polar surface area (TPSA) is 72.2 Å². The lowest BCUT2D eigenvalue weighted by Crippen LogP contribution is -2.24. The molecule has 0 bridgehead atoms. The Morgan fingerprint density at radius 1 is 1.15 bits per heavy atom. The SMILES string of the molecule is CC(C)c1ccc(-c2nc(C(=O)NCc3nnc4ccccn34)cs2)cc1. The van der Waals surface area contributed by atoms with Crippen molar-refractivity contribution in [2.75, 3.05) is 0 Å². The average molecular weight is 377 g/mol. The Morgan fingerprint density at radius 2 is 1.96 bits per heavy atom. The zero-order valence-electron chi connectivity index (χ0n) is 15.1. The smallest absolute Gasteiger partial charge is 0.271 e. The molecule has 0 atom stereocenters. The van der Waals surface area contributed by atoms with Crippen molar-refractivity contribution in [2.45, 2.75) is 26.3 Å². The fourth-order valence-corrected chi connectivity index (χ4v) is 3.59. The van der Waals surface area contributed by atoms with Crippen molar-refractivity contribution in [1.29, 1.82) is 0 Å². The predicted octanol–water partition coefficient (Wildman–Crippen LogP) is 3.91. The van der Waals surface area contributed by atoms with Crippen LogP contribution in [-0.4, -0.2) is 25.5 Å². The highest BCUT2D eigenvalue weighted by Crippen LogP contribution is 2.25. The second-order valence-electron chi connectivity index (χ2n) is 6.54. The number of hydrogen-bond donors (Lipinski definition) is 1. The average Bonchev–Trinajstić information content (AvgIpc) is 3.34.